The maximum absolute atomic E-state index is 12.3. The number of ether oxygens (including phenoxy) is 4. The second-order valence-corrected chi connectivity index (χ2v) is 9.26. The van der Waals surface area contributed by atoms with Gasteiger partial charge in [-0.1, -0.05) is 18.2 Å². The molecule has 3 heterocycles. The summed E-state index contributed by atoms with van der Waals surface area (Å²) in [6, 6.07) is 14.4. The Hall–Kier alpha value is -3.13. The predicted molar refractivity (Wildman–Crippen MR) is 126 cm³/mol. The summed E-state index contributed by atoms with van der Waals surface area (Å²) in [4.78, 5) is 16.5. The summed E-state index contributed by atoms with van der Waals surface area (Å²) in [5.41, 5.74) is 0. The molecule has 0 saturated carbocycles. The van der Waals surface area contributed by atoms with Gasteiger partial charge >= 0.3 is 6.09 Å². The molecule has 0 radical (unpaired) electrons. The summed E-state index contributed by atoms with van der Waals surface area (Å²) in [6.45, 7) is 4.87. The molecule has 3 aliphatic rings. The van der Waals surface area contributed by atoms with E-state index < -0.39 is 0 Å². The highest BCUT2D eigenvalue weighted by Gasteiger charge is 2.34. The largest absolute Gasteiger partial charge is 0.508 e. The second-order valence-electron chi connectivity index (χ2n) is 9.26. The van der Waals surface area contributed by atoms with Crippen LogP contribution in [0.15, 0.2) is 48.5 Å². The number of cyclic esters (lactones) is 1. The van der Waals surface area contributed by atoms with Crippen LogP contribution in [0.1, 0.15) is 19.3 Å². The van der Waals surface area contributed by atoms with E-state index in [-0.39, 0.29) is 24.0 Å². The number of hydrogen-bond donors (Lipinski definition) is 1. The maximum Gasteiger partial charge on any atom is 0.410 e. The number of hydrogen-bond acceptors (Lipinski definition) is 7. The molecule has 5 rings (SSSR count). The highest BCUT2D eigenvalue weighted by atomic mass is 16.6. The number of carbonyl (C=O) groups is 1. The third-order valence-electron chi connectivity index (χ3n) is 6.85. The number of para-hydroxylation sites is 2. The Balaban J connectivity index is 1.04. The van der Waals surface area contributed by atoms with Crippen LogP contribution in [0.2, 0.25) is 0 Å². The number of likely N-dealkylation sites (tertiary alicyclic amines) is 1. The summed E-state index contributed by atoms with van der Waals surface area (Å²) in [5, 5.41) is 9.59. The Labute approximate surface area is 200 Å². The average Bonchev–Trinajstić information content (AvgIpc) is 3.21. The number of phenols is 1. The first-order valence-corrected chi connectivity index (χ1v) is 12.1. The normalized spacial score (nSPS) is 23.1. The molecule has 0 aromatic heterocycles. The van der Waals surface area contributed by atoms with Crippen molar-refractivity contribution in [3.63, 3.8) is 0 Å². The minimum Gasteiger partial charge on any atom is -0.508 e. The van der Waals surface area contributed by atoms with Gasteiger partial charge in [0.25, 0.3) is 0 Å². The van der Waals surface area contributed by atoms with Crippen molar-refractivity contribution < 1.29 is 28.8 Å². The fraction of sp³-hybridized carbons (Fsp3) is 0.500. The molecule has 2 aromatic carbocycles. The number of amides is 1. The molecular formula is C26H32N2O6. The zero-order valence-corrected chi connectivity index (χ0v) is 19.3. The SMILES string of the molecule is O=C1OC[C@@H](COc2cccc(O)c2)N1CCC1CCN(C[C@H]2COc3ccccc3O2)CC1. The third-order valence-corrected chi connectivity index (χ3v) is 6.85. The van der Waals surface area contributed by atoms with Crippen molar-refractivity contribution in [3.8, 4) is 23.0 Å². The quantitative estimate of drug-likeness (QED) is 0.635. The number of aromatic hydroxyl groups is 1. The van der Waals surface area contributed by atoms with Crippen molar-refractivity contribution in [1.29, 1.82) is 0 Å². The van der Waals surface area contributed by atoms with Gasteiger partial charge in [-0.25, -0.2) is 4.79 Å². The first-order chi connectivity index (χ1) is 16.6. The van der Waals surface area contributed by atoms with Crippen LogP contribution in [0.3, 0.4) is 0 Å². The van der Waals surface area contributed by atoms with E-state index in [2.05, 4.69) is 4.90 Å². The van der Waals surface area contributed by atoms with Gasteiger partial charge in [-0.05, 0) is 62.5 Å². The van der Waals surface area contributed by atoms with Crippen LogP contribution in [-0.4, -0.2) is 79.1 Å². The minimum atomic E-state index is -0.267. The van der Waals surface area contributed by atoms with Crippen molar-refractivity contribution in [2.24, 2.45) is 5.92 Å². The lowest BCUT2D eigenvalue weighted by Crippen LogP contribution is -2.44. The first-order valence-electron chi connectivity index (χ1n) is 12.1. The number of rotatable bonds is 8. The fourth-order valence-corrected chi connectivity index (χ4v) is 4.89. The van der Waals surface area contributed by atoms with E-state index in [9.17, 15) is 9.90 Å². The molecule has 2 atom stereocenters. The smallest absolute Gasteiger partial charge is 0.410 e. The number of nitrogens with zero attached hydrogens (tertiary/aromatic N) is 2. The van der Waals surface area contributed by atoms with E-state index in [1.54, 1.807) is 29.2 Å². The third kappa shape index (κ3) is 5.50. The number of fused-ring (bicyclic) bond motifs is 1. The summed E-state index contributed by atoms with van der Waals surface area (Å²) in [5.74, 6) is 2.98. The first kappa shape index (κ1) is 22.7. The Morgan fingerprint density at radius 2 is 1.82 bits per heavy atom. The van der Waals surface area contributed by atoms with E-state index in [1.807, 2.05) is 24.3 Å². The zero-order chi connectivity index (χ0) is 23.3. The molecule has 2 saturated heterocycles. The van der Waals surface area contributed by atoms with Crippen LogP contribution in [0.5, 0.6) is 23.0 Å². The lowest BCUT2D eigenvalue weighted by Gasteiger charge is -2.36. The second kappa shape index (κ2) is 10.4. The van der Waals surface area contributed by atoms with E-state index in [0.717, 1.165) is 50.4 Å². The highest BCUT2D eigenvalue weighted by molar-refractivity contribution is 5.70. The van der Waals surface area contributed by atoms with Gasteiger partial charge in [0.15, 0.2) is 11.5 Å². The maximum atomic E-state index is 12.3. The molecule has 2 aromatic rings. The standard InChI is InChI=1S/C26H32N2O6/c29-21-4-3-5-22(14-21)31-16-20-17-33-26(30)28(20)13-10-19-8-11-27(12-9-19)15-23-18-32-24-6-1-2-7-25(24)34-23/h1-7,14,19-20,23,29H,8-13,15-18H2/t20-,23+/m1/s1. The molecule has 2 fully saturated rings. The van der Waals surface area contributed by atoms with E-state index in [4.69, 9.17) is 18.9 Å². The van der Waals surface area contributed by atoms with Gasteiger partial charge in [0.2, 0.25) is 0 Å². The number of piperidine rings is 1. The highest BCUT2D eigenvalue weighted by Crippen LogP contribution is 2.31. The Morgan fingerprint density at radius 1 is 1.00 bits per heavy atom. The van der Waals surface area contributed by atoms with Crippen molar-refractivity contribution in [2.75, 3.05) is 46.0 Å². The number of benzene rings is 2. The zero-order valence-electron chi connectivity index (χ0n) is 19.3. The molecular weight excluding hydrogens is 436 g/mol. The molecule has 0 bridgehead atoms. The van der Waals surface area contributed by atoms with Gasteiger partial charge in [-0.3, -0.25) is 9.80 Å². The van der Waals surface area contributed by atoms with Gasteiger partial charge in [0.05, 0.1) is 0 Å². The van der Waals surface area contributed by atoms with Crippen LogP contribution >= 0.6 is 0 Å². The molecule has 1 amide bonds. The molecule has 8 nitrogen and oxygen atoms in total. The topological polar surface area (TPSA) is 80.7 Å². The Kier molecular flexibility index (Phi) is 6.94. The van der Waals surface area contributed by atoms with Gasteiger partial charge in [0, 0.05) is 19.2 Å². The van der Waals surface area contributed by atoms with Gasteiger partial charge in [0.1, 0.15) is 43.5 Å². The van der Waals surface area contributed by atoms with Crippen LogP contribution in [0.4, 0.5) is 4.79 Å². The average molecular weight is 469 g/mol. The monoisotopic (exact) mass is 468 g/mol. The van der Waals surface area contributed by atoms with Gasteiger partial charge in [-0.15, -0.1) is 0 Å². The molecule has 0 unspecified atom stereocenters. The Morgan fingerprint density at radius 3 is 2.65 bits per heavy atom. The molecule has 3 aliphatic heterocycles. The van der Waals surface area contributed by atoms with Crippen LogP contribution < -0.4 is 14.2 Å². The molecule has 34 heavy (non-hydrogen) atoms. The fourth-order valence-electron chi connectivity index (χ4n) is 4.89. The van der Waals surface area contributed by atoms with Crippen LogP contribution in [0, 0.1) is 5.92 Å². The summed E-state index contributed by atoms with van der Waals surface area (Å²) < 4.78 is 23.0. The molecule has 182 valence electrons. The van der Waals surface area contributed by atoms with E-state index in [1.165, 1.54) is 0 Å². The number of phenolic OH excluding ortho intramolecular Hbond substituents is 1. The van der Waals surface area contributed by atoms with Crippen molar-refractivity contribution in [1.82, 2.24) is 9.80 Å². The van der Waals surface area contributed by atoms with Crippen LogP contribution in [0.25, 0.3) is 0 Å². The van der Waals surface area contributed by atoms with Crippen LogP contribution in [-0.2, 0) is 4.74 Å². The molecule has 0 aliphatic carbocycles. The Bertz CT molecular complexity index is 977. The van der Waals surface area contributed by atoms with Crippen molar-refractivity contribution >= 4 is 6.09 Å². The van der Waals surface area contributed by atoms with Gasteiger partial charge < -0.3 is 24.1 Å². The van der Waals surface area contributed by atoms with E-state index >= 15 is 0 Å². The lowest BCUT2D eigenvalue weighted by atomic mass is 9.93. The number of carbonyl (C=O) groups excluding carboxylic acids is 1. The summed E-state index contributed by atoms with van der Waals surface area (Å²) >= 11 is 0. The van der Waals surface area contributed by atoms with E-state index in [0.29, 0.717) is 38.0 Å². The summed E-state index contributed by atoms with van der Waals surface area (Å²) in [6.07, 6.45) is 2.96. The molecule has 0 spiro atoms. The van der Waals surface area contributed by atoms with Crippen molar-refractivity contribution in [2.45, 2.75) is 31.4 Å². The van der Waals surface area contributed by atoms with Gasteiger partial charge in [-0.2, -0.15) is 0 Å². The van der Waals surface area contributed by atoms with Crippen molar-refractivity contribution in [3.05, 3.63) is 48.5 Å². The molecule has 1 N–H and O–H groups in total. The summed E-state index contributed by atoms with van der Waals surface area (Å²) in [7, 11) is 0. The minimum absolute atomic E-state index is 0.0538. The predicted octanol–water partition coefficient (Wildman–Crippen LogP) is 3.53. The lowest BCUT2D eigenvalue weighted by molar-refractivity contribution is 0.0464. The molecule has 8 heteroatoms.